The fraction of sp³-hybridized carbons (Fsp3) is 0.200. The van der Waals surface area contributed by atoms with E-state index in [0.717, 1.165) is 15.6 Å². The molecule has 2 aromatic rings. The molecule has 1 unspecified atom stereocenters. The maximum absolute atomic E-state index is 10.2. The first-order valence-corrected chi connectivity index (χ1v) is 7.47. The summed E-state index contributed by atoms with van der Waals surface area (Å²) in [6.07, 6.45) is 0.485. The van der Waals surface area contributed by atoms with Crippen LogP contribution >= 0.6 is 39.1 Å². The average molecular weight is 360 g/mol. The molecule has 0 aliphatic heterocycles. The lowest BCUT2D eigenvalue weighted by Gasteiger charge is -2.14. The maximum atomic E-state index is 10.2. The number of halogens is 3. The van der Waals surface area contributed by atoms with Gasteiger partial charge in [0.15, 0.2) is 0 Å². The first kappa shape index (κ1) is 14.9. The van der Waals surface area contributed by atoms with E-state index in [0.29, 0.717) is 22.9 Å². The van der Waals surface area contributed by atoms with Crippen molar-refractivity contribution in [2.24, 2.45) is 0 Å². The first-order chi connectivity index (χ1) is 9.08. The van der Waals surface area contributed by atoms with Gasteiger partial charge in [0.25, 0.3) is 0 Å². The number of hydrogen-bond acceptors (Lipinski definition) is 1. The number of hydrogen-bond donors (Lipinski definition) is 1. The van der Waals surface area contributed by atoms with Gasteiger partial charge in [0, 0.05) is 20.9 Å². The quantitative estimate of drug-likeness (QED) is 0.822. The summed E-state index contributed by atoms with van der Waals surface area (Å²) in [4.78, 5) is 0. The molecule has 0 bridgehead atoms. The van der Waals surface area contributed by atoms with E-state index in [9.17, 15) is 5.11 Å². The van der Waals surface area contributed by atoms with Gasteiger partial charge < -0.3 is 5.11 Å². The lowest BCUT2D eigenvalue weighted by atomic mass is 10.0. The molecular formula is C15H13BrCl2O. The van der Waals surface area contributed by atoms with Gasteiger partial charge in [0.05, 0.1) is 6.10 Å². The summed E-state index contributed by atoms with van der Waals surface area (Å²) in [5.41, 5.74) is 1.86. The van der Waals surface area contributed by atoms with E-state index in [1.54, 1.807) is 18.2 Å². The molecule has 0 saturated heterocycles. The number of aliphatic hydroxyl groups excluding tert-OH is 1. The first-order valence-electron chi connectivity index (χ1n) is 5.92. The Hall–Kier alpha value is -0.540. The summed E-state index contributed by atoms with van der Waals surface area (Å²) >= 11 is 15.7. The molecule has 0 amide bonds. The molecule has 1 atom stereocenters. The molecule has 100 valence electrons. The van der Waals surface area contributed by atoms with Gasteiger partial charge in [-0.1, -0.05) is 63.4 Å². The minimum absolute atomic E-state index is 0.444. The van der Waals surface area contributed by atoms with E-state index >= 15 is 0 Å². The number of rotatable bonds is 4. The molecule has 0 saturated carbocycles. The minimum Gasteiger partial charge on any atom is -0.392 e. The van der Waals surface area contributed by atoms with Crippen LogP contribution in [0.1, 0.15) is 11.1 Å². The third-order valence-electron chi connectivity index (χ3n) is 2.91. The highest BCUT2D eigenvalue weighted by Crippen LogP contribution is 2.27. The average Bonchev–Trinajstić information content (AvgIpc) is 2.37. The minimum atomic E-state index is -0.518. The van der Waals surface area contributed by atoms with Crippen LogP contribution in [0.3, 0.4) is 0 Å². The Balaban J connectivity index is 2.10. The third kappa shape index (κ3) is 3.96. The summed E-state index contributed by atoms with van der Waals surface area (Å²) in [6, 6.07) is 13.2. The van der Waals surface area contributed by atoms with Crippen molar-refractivity contribution in [2.45, 2.75) is 18.9 Å². The van der Waals surface area contributed by atoms with E-state index in [-0.39, 0.29) is 0 Å². The zero-order valence-corrected chi connectivity index (χ0v) is 13.2. The van der Waals surface area contributed by atoms with Crippen LogP contribution < -0.4 is 0 Å². The topological polar surface area (TPSA) is 20.2 Å². The molecule has 0 aromatic heterocycles. The second-order valence-corrected chi connectivity index (χ2v) is 6.02. The lowest BCUT2D eigenvalue weighted by Crippen LogP contribution is -2.14. The Kier molecular flexibility index (Phi) is 5.28. The molecule has 0 aliphatic rings. The van der Waals surface area contributed by atoms with Gasteiger partial charge in [0.1, 0.15) is 0 Å². The Labute approximate surface area is 131 Å². The summed E-state index contributed by atoms with van der Waals surface area (Å²) in [7, 11) is 0. The molecular weight excluding hydrogens is 347 g/mol. The van der Waals surface area contributed by atoms with Crippen LogP contribution in [0.15, 0.2) is 46.9 Å². The van der Waals surface area contributed by atoms with Crippen LogP contribution in [0, 0.1) is 0 Å². The molecule has 0 spiro atoms. The predicted octanol–water partition coefficient (Wildman–Crippen LogP) is 4.90. The fourth-order valence-electron chi connectivity index (χ4n) is 1.95. The maximum Gasteiger partial charge on any atom is 0.0622 e. The Morgan fingerprint density at radius 1 is 0.947 bits per heavy atom. The molecule has 4 heteroatoms. The summed E-state index contributed by atoms with van der Waals surface area (Å²) < 4.78 is 0.999. The van der Waals surface area contributed by atoms with E-state index in [1.165, 1.54) is 0 Å². The molecule has 0 aliphatic carbocycles. The van der Waals surface area contributed by atoms with E-state index in [2.05, 4.69) is 15.9 Å². The highest BCUT2D eigenvalue weighted by atomic mass is 79.9. The second kappa shape index (κ2) is 6.76. The summed E-state index contributed by atoms with van der Waals surface area (Å²) in [5.74, 6) is 0. The molecule has 1 N–H and O–H groups in total. The van der Waals surface area contributed by atoms with Crippen LogP contribution in [0.4, 0.5) is 0 Å². The van der Waals surface area contributed by atoms with Crippen LogP contribution in [-0.2, 0) is 12.8 Å². The number of aliphatic hydroxyl groups is 1. The van der Waals surface area contributed by atoms with Crippen molar-refractivity contribution < 1.29 is 5.11 Å². The summed E-state index contributed by atoms with van der Waals surface area (Å²) in [5, 5.41) is 11.4. The predicted molar refractivity (Wildman–Crippen MR) is 84.0 cm³/mol. The molecule has 0 heterocycles. The zero-order chi connectivity index (χ0) is 13.8. The van der Waals surface area contributed by atoms with Gasteiger partial charge in [-0.25, -0.2) is 0 Å². The van der Waals surface area contributed by atoms with Gasteiger partial charge >= 0.3 is 0 Å². The normalized spacial score (nSPS) is 12.4. The van der Waals surface area contributed by atoms with Crippen LogP contribution in [-0.4, -0.2) is 11.2 Å². The molecule has 0 fully saturated rings. The van der Waals surface area contributed by atoms with Gasteiger partial charge in [-0.2, -0.15) is 0 Å². The van der Waals surface area contributed by atoms with Crippen LogP contribution in [0.2, 0.25) is 10.0 Å². The monoisotopic (exact) mass is 358 g/mol. The largest absolute Gasteiger partial charge is 0.392 e. The van der Waals surface area contributed by atoms with E-state index in [1.807, 2.05) is 24.3 Å². The second-order valence-electron chi connectivity index (χ2n) is 4.35. The summed E-state index contributed by atoms with van der Waals surface area (Å²) in [6.45, 7) is 0. The molecule has 2 rings (SSSR count). The van der Waals surface area contributed by atoms with Crippen LogP contribution in [0.25, 0.3) is 0 Å². The Morgan fingerprint density at radius 3 is 2.21 bits per heavy atom. The highest BCUT2D eigenvalue weighted by molar-refractivity contribution is 9.10. The van der Waals surface area contributed by atoms with E-state index in [4.69, 9.17) is 23.2 Å². The fourth-order valence-corrected chi connectivity index (χ4v) is 2.95. The smallest absolute Gasteiger partial charge is 0.0622 e. The van der Waals surface area contributed by atoms with Crippen molar-refractivity contribution in [1.82, 2.24) is 0 Å². The van der Waals surface area contributed by atoms with Crippen molar-refractivity contribution in [3.63, 3.8) is 0 Å². The lowest BCUT2D eigenvalue weighted by molar-refractivity contribution is 0.175. The molecule has 19 heavy (non-hydrogen) atoms. The van der Waals surface area contributed by atoms with Gasteiger partial charge in [-0.05, 0) is 35.7 Å². The Morgan fingerprint density at radius 2 is 1.58 bits per heavy atom. The molecule has 0 radical (unpaired) electrons. The third-order valence-corrected chi connectivity index (χ3v) is 4.40. The highest BCUT2D eigenvalue weighted by Gasteiger charge is 2.13. The zero-order valence-electron chi connectivity index (χ0n) is 10.1. The van der Waals surface area contributed by atoms with Crippen LogP contribution in [0.5, 0.6) is 0 Å². The number of benzene rings is 2. The Bertz CT molecular complexity index is 552. The van der Waals surface area contributed by atoms with Gasteiger partial charge in [0.2, 0.25) is 0 Å². The van der Waals surface area contributed by atoms with E-state index < -0.39 is 6.10 Å². The van der Waals surface area contributed by atoms with Crippen molar-refractivity contribution in [2.75, 3.05) is 0 Å². The standard InChI is InChI=1S/C15H13BrCl2O/c16-13-5-2-1-4-10(13)8-11(19)9-12-14(17)6-3-7-15(12)18/h1-7,11,19H,8-9H2. The van der Waals surface area contributed by atoms with Crippen molar-refractivity contribution in [3.8, 4) is 0 Å². The van der Waals surface area contributed by atoms with Crippen molar-refractivity contribution >= 4 is 39.1 Å². The van der Waals surface area contributed by atoms with Gasteiger partial charge in [-0.3, -0.25) is 0 Å². The molecule has 1 nitrogen and oxygen atoms in total. The molecule has 2 aromatic carbocycles. The van der Waals surface area contributed by atoms with Gasteiger partial charge in [-0.15, -0.1) is 0 Å². The van der Waals surface area contributed by atoms with Crippen molar-refractivity contribution in [3.05, 3.63) is 68.1 Å². The SMILES string of the molecule is OC(Cc1ccccc1Br)Cc1c(Cl)cccc1Cl. The van der Waals surface area contributed by atoms with Crippen molar-refractivity contribution in [1.29, 1.82) is 0 Å².